The van der Waals surface area contributed by atoms with Crippen LogP contribution in [0.1, 0.15) is 15.9 Å². The maximum Gasteiger partial charge on any atom is 0.271 e. The number of imidazole rings is 1. The molecule has 0 unspecified atom stereocenters. The van der Waals surface area contributed by atoms with E-state index in [9.17, 15) is 14.9 Å². The predicted molar refractivity (Wildman–Crippen MR) is 89.3 cm³/mol. The van der Waals surface area contributed by atoms with Gasteiger partial charge in [-0.3, -0.25) is 14.9 Å². The molecule has 0 aliphatic carbocycles. The van der Waals surface area contributed by atoms with Gasteiger partial charge < -0.3 is 4.98 Å². The van der Waals surface area contributed by atoms with E-state index in [0.29, 0.717) is 11.1 Å². The van der Waals surface area contributed by atoms with Crippen LogP contribution in [0.5, 0.6) is 0 Å². The molecule has 0 saturated carbocycles. The van der Waals surface area contributed by atoms with Gasteiger partial charge in [-0.1, -0.05) is 11.6 Å². The number of non-ortho nitro benzene ring substituents is 1. The summed E-state index contributed by atoms with van der Waals surface area (Å²) < 4.78 is 0. The van der Waals surface area contributed by atoms with Gasteiger partial charge in [0.15, 0.2) is 0 Å². The first kappa shape index (κ1) is 15.6. The zero-order valence-corrected chi connectivity index (χ0v) is 12.8. The molecule has 1 aromatic heterocycles. The molecule has 0 fully saturated rings. The summed E-state index contributed by atoms with van der Waals surface area (Å²) in [5.74, 6) is -0.427. The number of nitro groups is 1. The molecule has 9 heteroatoms. The molecule has 3 aromatic rings. The number of rotatable bonds is 4. The van der Waals surface area contributed by atoms with Crippen molar-refractivity contribution in [3.8, 4) is 0 Å². The third-order valence-electron chi connectivity index (χ3n) is 3.24. The standard InChI is InChI=1S/C15H10ClN5O3/c16-12-3-2-11(21(23)24)5-10(12)7-19-20-15(22)9-1-4-13-14(6-9)18-8-17-13/h1-8H,(H,17,18)(H,20,22)/b19-7-. The number of fused-ring (bicyclic) bond motifs is 1. The molecule has 8 nitrogen and oxygen atoms in total. The van der Waals surface area contributed by atoms with Gasteiger partial charge in [0.25, 0.3) is 11.6 Å². The molecule has 0 bridgehead atoms. The number of hydrogen-bond donors (Lipinski definition) is 2. The van der Waals surface area contributed by atoms with Crippen molar-refractivity contribution in [1.29, 1.82) is 0 Å². The zero-order chi connectivity index (χ0) is 17.1. The van der Waals surface area contributed by atoms with Crippen molar-refractivity contribution in [3.05, 3.63) is 69.0 Å². The first-order chi connectivity index (χ1) is 11.5. The summed E-state index contributed by atoms with van der Waals surface area (Å²) in [6, 6.07) is 8.94. The SMILES string of the molecule is O=C(N/N=C\c1cc([N+](=O)[O-])ccc1Cl)c1ccc2nc[nH]c2c1. The number of nitro benzene ring substituents is 1. The van der Waals surface area contributed by atoms with E-state index >= 15 is 0 Å². The second kappa shape index (κ2) is 6.47. The van der Waals surface area contributed by atoms with Crippen molar-refractivity contribution in [2.75, 3.05) is 0 Å². The lowest BCUT2D eigenvalue weighted by Gasteiger charge is -2.01. The van der Waals surface area contributed by atoms with Crippen LogP contribution in [0.4, 0.5) is 5.69 Å². The van der Waals surface area contributed by atoms with Crippen molar-refractivity contribution in [2.24, 2.45) is 5.10 Å². The van der Waals surface area contributed by atoms with Crippen LogP contribution in [0.2, 0.25) is 5.02 Å². The van der Waals surface area contributed by atoms with Gasteiger partial charge in [-0.25, -0.2) is 10.4 Å². The number of H-pyrrole nitrogens is 1. The van der Waals surface area contributed by atoms with Crippen molar-refractivity contribution < 1.29 is 9.72 Å². The Morgan fingerprint density at radius 3 is 2.96 bits per heavy atom. The number of aromatic nitrogens is 2. The topological polar surface area (TPSA) is 113 Å². The lowest BCUT2D eigenvalue weighted by atomic mass is 10.2. The molecule has 0 aliphatic heterocycles. The molecule has 0 spiro atoms. The summed E-state index contributed by atoms with van der Waals surface area (Å²) in [4.78, 5) is 29.3. The highest BCUT2D eigenvalue weighted by molar-refractivity contribution is 6.33. The Labute approximate surface area is 140 Å². The van der Waals surface area contributed by atoms with Gasteiger partial charge in [-0.15, -0.1) is 0 Å². The number of halogens is 1. The van der Waals surface area contributed by atoms with E-state index in [0.717, 1.165) is 11.0 Å². The molecular weight excluding hydrogens is 334 g/mol. The number of hydrazone groups is 1. The molecule has 0 saturated heterocycles. The van der Waals surface area contributed by atoms with E-state index in [1.54, 1.807) is 18.2 Å². The summed E-state index contributed by atoms with van der Waals surface area (Å²) in [5, 5.41) is 14.8. The monoisotopic (exact) mass is 343 g/mol. The van der Waals surface area contributed by atoms with Crippen molar-refractivity contribution in [2.45, 2.75) is 0 Å². The number of hydrogen-bond acceptors (Lipinski definition) is 5. The van der Waals surface area contributed by atoms with E-state index in [4.69, 9.17) is 11.6 Å². The fourth-order valence-electron chi connectivity index (χ4n) is 2.05. The number of benzene rings is 2. The predicted octanol–water partition coefficient (Wildman–Crippen LogP) is 2.89. The molecule has 0 radical (unpaired) electrons. The first-order valence-corrected chi connectivity index (χ1v) is 7.13. The van der Waals surface area contributed by atoms with Crippen LogP contribution in [0.15, 0.2) is 47.8 Å². The summed E-state index contributed by atoms with van der Waals surface area (Å²) in [7, 11) is 0. The van der Waals surface area contributed by atoms with Crippen molar-refractivity contribution in [3.63, 3.8) is 0 Å². The number of nitrogens with zero attached hydrogens (tertiary/aromatic N) is 3. The van der Waals surface area contributed by atoms with Crippen LogP contribution >= 0.6 is 11.6 Å². The highest BCUT2D eigenvalue weighted by Crippen LogP contribution is 2.20. The van der Waals surface area contributed by atoms with Gasteiger partial charge >= 0.3 is 0 Å². The number of nitrogens with one attached hydrogen (secondary N) is 2. The first-order valence-electron chi connectivity index (χ1n) is 6.75. The average Bonchev–Trinajstić information content (AvgIpc) is 3.03. The third kappa shape index (κ3) is 3.23. The highest BCUT2D eigenvalue weighted by atomic mass is 35.5. The Morgan fingerprint density at radius 1 is 1.33 bits per heavy atom. The van der Waals surface area contributed by atoms with Gasteiger partial charge in [0, 0.05) is 28.3 Å². The quantitative estimate of drug-likeness (QED) is 0.430. The minimum Gasteiger partial charge on any atom is -0.345 e. The molecule has 0 aliphatic rings. The highest BCUT2D eigenvalue weighted by Gasteiger charge is 2.09. The molecule has 2 aromatic carbocycles. The molecule has 0 atom stereocenters. The Balaban J connectivity index is 1.74. The number of carbonyl (C=O) groups is 1. The Bertz CT molecular complexity index is 967. The summed E-state index contributed by atoms with van der Waals surface area (Å²) in [5.41, 5.74) is 4.44. The third-order valence-corrected chi connectivity index (χ3v) is 3.59. The second-order valence-corrected chi connectivity index (χ2v) is 5.20. The number of aromatic amines is 1. The largest absolute Gasteiger partial charge is 0.345 e. The Kier molecular flexibility index (Phi) is 4.21. The fraction of sp³-hybridized carbons (Fsp3) is 0. The molecule has 3 rings (SSSR count). The van der Waals surface area contributed by atoms with Crippen LogP contribution in [0.3, 0.4) is 0 Å². The molecule has 24 heavy (non-hydrogen) atoms. The lowest BCUT2D eigenvalue weighted by Crippen LogP contribution is -2.17. The molecular formula is C15H10ClN5O3. The molecule has 2 N–H and O–H groups in total. The summed E-state index contributed by atoms with van der Waals surface area (Å²) in [6.45, 7) is 0. The summed E-state index contributed by atoms with van der Waals surface area (Å²) >= 11 is 5.95. The normalized spacial score (nSPS) is 11.0. The fourth-order valence-corrected chi connectivity index (χ4v) is 2.21. The minimum absolute atomic E-state index is 0.114. The smallest absolute Gasteiger partial charge is 0.271 e. The number of amides is 1. The van der Waals surface area contributed by atoms with Crippen LogP contribution in [0, 0.1) is 10.1 Å². The van der Waals surface area contributed by atoms with Gasteiger partial charge in [0.05, 0.1) is 28.5 Å². The molecule has 120 valence electrons. The van der Waals surface area contributed by atoms with Gasteiger partial charge in [-0.2, -0.15) is 5.10 Å². The summed E-state index contributed by atoms with van der Waals surface area (Å²) in [6.07, 6.45) is 2.79. The van der Waals surface area contributed by atoms with E-state index in [1.165, 1.54) is 30.7 Å². The molecule has 1 amide bonds. The lowest BCUT2D eigenvalue weighted by molar-refractivity contribution is -0.384. The van der Waals surface area contributed by atoms with Crippen LogP contribution in [-0.4, -0.2) is 27.0 Å². The van der Waals surface area contributed by atoms with Gasteiger partial charge in [0.1, 0.15) is 0 Å². The molecule has 1 heterocycles. The van der Waals surface area contributed by atoms with Gasteiger partial charge in [0.2, 0.25) is 0 Å². The van der Waals surface area contributed by atoms with Crippen LogP contribution in [0.25, 0.3) is 11.0 Å². The Morgan fingerprint density at radius 2 is 2.17 bits per heavy atom. The zero-order valence-electron chi connectivity index (χ0n) is 12.1. The number of carbonyl (C=O) groups excluding carboxylic acids is 1. The van der Waals surface area contributed by atoms with Crippen molar-refractivity contribution >= 4 is 40.4 Å². The van der Waals surface area contributed by atoms with E-state index < -0.39 is 10.8 Å². The van der Waals surface area contributed by atoms with Gasteiger partial charge in [-0.05, 0) is 24.3 Å². The van der Waals surface area contributed by atoms with Crippen LogP contribution < -0.4 is 5.43 Å². The average molecular weight is 344 g/mol. The maximum absolute atomic E-state index is 12.1. The van der Waals surface area contributed by atoms with Crippen molar-refractivity contribution in [1.82, 2.24) is 15.4 Å². The maximum atomic E-state index is 12.1. The Hall–Kier alpha value is -3.26. The van der Waals surface area contributed by atoms with Crippen LogP contribution in [-0.2, 0) is 0 Å². The van der Waals surface area contributed by atoms with E-state index in [2.05, 4.69) is 20.5 Å². The minimum atomic E-state index is -0.536. The van der Waals surface area contributed by atoms with E-state index in [1.807, 2.05) is 0 Å². The van der Waals surface area contributed by atoms with E-state index in [-0.39, 0.29) is 10.7 Å². The second-order valence-electron chi connectivity index (χ2n) is 4.80.